The topological polar surface area (TPSA) is 97.5 Å². The molecule has 4 rings (SSSR count). The molecule has 27 heavy (non-hydrogen) atoms. The normalized spacial score (nSPS) is 15.8. The first kappa shape index (κ1) is 17.0. The van der Waals surface area contributed by atoms with Crippen LogP contribution in [0, 0.1) is 6.92 Å². The van der Waals surface area contributed by atoms with Gasteiger partial charge in [0.15, 0.2) is 0 Å². The van der Waals surface area contributed by atoms with E-state index in [-0.39, 0.29) is 6.17 Å². The van der Waals surface area contributed by atoms with E-state index in [2.05, 4.69) is 35.5 Å². The first-order valence-electron chi connectivity index (χ1n) is 8.61. The zero-order valence-electron chi connectivity index (χ0n) is 15.3. The lowest BCUT2D eigenvalue weighted by molar-refractivity contribution is 0.419. The first-order valence-corrected chi connectivity index (χ1v) is 8.61. The quantitative estimate of drug-likeness (QED) is 0.750. The third kappa shape index (κ3) is 3.46. The molecule has 136 valence electrons. The average molecular weight is 361 g/mol. The van der Waals surface area contributed by atoms with Crippen LogP contribution in [0.25, 0.3) is 10.9 Å². The SMILES string of the molecule is COc1cc(C2=NC(C)N=C2)cc2c(NCc3ccc(C)nn3)ncnc12. The molecule has 3 aromatic rings. The number of aromatic nitrogens is 4. The maximum absolute atomic E-state index is 5.55. The Hall–Kier alpha value is -3.42. The van der Waals surface area contributed by atoms with Crippen LogP contribution in [0.15, 0.2) is 40.6 Å². The van der Waals surface area contributed by atoms with Gasteiger partial charge >= 0.3 is 0 Å². The Morgan fingerprint density at radius 2 is 2.04 bits per heavy atom. The summed E-state index contributed by atoms with van der Waals surface area (Å²) in [6.45, 7) is 4.36. The van der Waals surface area contributed by atoms with E-state index in [1.54, 1.807) is 13.3 Å². The Morgan fingerprint density at radius 3 is 2.74 bits per heavy atom. The zero-order valence-corrected chi connectivity index (χ0v) is 15.3. The average Bonchev–Trinajstić information content (AvgIpc) is 3.13. The summed E-state index contributed by atoms with van der Waals surface area (Å²) < 4.78 is 5.55. The minimum atomic E-state index is -0.0635. The van der Waals surface area contributed by atoms with E-state index in [0.717, 1.165) is 33.6 Å². The minimum absolute atomic E-state index is 0.0635. The summed E-state index contributed by atoms with van der Waals surface area (Å²) in [5, 5.41) is 12.4. The molecule has 0 spiro atoms. The number of methoxy groups -OCH3 is 1. The highest BCUT2D eigenvalue weighted by molar-refractivity contribution is 6.39. The third-order valence-corrected chi connectivity index (χ3v) is 4.25. The molecule has 0 bridgehead atoms. The van der Waals surface area contributed by atoms with Gasteiger partial charge < -0.3 is 10.1 Å². The van der Waals surface area contributed by atoms with Gasteiger partial charge in [0.25, 0.3) is 0 Å². The Balaban J connectivity index is 1.73. The Labute approximate surface area is 156 Å². The lowest BCUT2D eigenvalue weighted by Gasteiger charge is -2.12. The molecule has 2 aromatic heterocycles. The van der Waals surface area contributed by atoms with E-state index in [1.807, 2.05) is 38.1 Å². The maximum Gasteiger partial charge on any atom is 0.145 e. The second-order valence-electron chi connectivity index (χ2n) is 6.24. The van der Waals surface area contributed by atoms with Crippen molar-refractivity contribution in [2.45, 2.75) is 26.6 Å². The van der Waals surface area contributed by atoms with Crippen molar-refractivity contribution in [1.82, 2.24) is 20.2 Å². The summed E-state index contributed by atoms with van der Waals surface area (Å²) in [6, 6.07) is 7.80. The van der Waals surface area contributed by atoms with Crippen LogP contribution in [0.5, 0.6) is 5.75 Å². The molecule has 0 aliphatic carbocycles. The number of aliphatic imine (C=N–C) groups is 2. The number of nitrogens with one attached hydrogen (secondary N) is 1. The smallest absolute Gasteiger partial charge is 0.145 e. The summed E-state index contributed by atoms with van der Waals surface area (Å²) in [5.74, 6) is 1.37. The minimum Gasteiger partial charge on any atom is -0.494 e. The second-order valence-corrected chi connectivity index (χ2v) is 6.24. The summed E-state index contributed by atoms with van der Waals surface area (Å²) in [6.07, 6.45) is 3.24. The second kappa shape index (κ2) is 7.06. The predicted octanol–water partition coefficient (Wildman–Crippen LogP) is 2.57. The van der Waals surface area contributed by atoms with Crippen LogP contribution in [-0.2, 0) is 6.54 Å². The molecule has 1 aromatic carbocycles. The molecular formula is C19H19N7O. The largest absolute Gasteiger partial charge is 0.494 e. The molecule has 0 radical (unpaired) electrons. The van der Waals surface area contributed by atoms with Crippen LogP contribution >= 0.6 is 0 Å². The van der Waals surface area contributed by atoms with Crippen molar-refractivity contribution in [3.05, 3.63) is 47.5 Å². The van der Waals surface area contributed by atoms with Crippen LogP contribution in [0.4, 0.5) is 5.82 Å². The summed E-state index contributed by atoms with van der Waals surface area (Å²) >= 11 is 0. The van der Waals surface area contributed by atoms with Crippen molar-refractivity contribution in [2.75, 3.05) is 12.4 Å². The standard InChI is InChI=1S/C19H19N7O/c1-11-4-5-14(26-25-11)8-21-19-15-6-13(16-9-20-12(2)24-16)7-17(27-3)18(15)22-10-23-19/h4-7,9-10,12H,8H2,1-3H3,(H,21,22,23). The van der Waals surface area contributed by atoms with Crippen LogP contribution < -0.4 is 10.1 Å². The van der Waals surface area contributed by atoms with E-state index in [9.17, 15) is 0 Å². The van der Waals surface area contributed by atoms with Crippen molar-refractivity contribution >= 4 is 28.6 Å². The number of rotatable bonds is 5. The molecule has 1 N–H and O–H groups in total. The van der Waals surface area contributed by atoms with Crippen LogP contribution in [0.2, 0.25) is 0 Å². The molecule has 1 unspecified atom stereocenters. The molecule has 0 saturated carbocycles. The maximum atomic E-state index is 5.55. The van der Waals surface area contributed by atoms with Crippen LogP contribution in [-0.4, -0.2) is 45.4 Å². The lowest BCUT2D eigenvalue weighted by atomic mass is 10.1. The molecule has 0 saturated heterocycles. The number of ether oxygens (including phenoxy) is 1. The molecule has 0 fully saturated rings. The highest BCUT2D eigenvalue weighted by Crippen LogP contribution is 2.30. The van der Waals surface area contributed by atoms with E-state index in [4.69, 9.17) is 4.74 Å². The number of anilines is 1. The summed E-state index contributed by atoms with van der Waals surface area (Å²) in [5.41, 5.74) is 4.19. The highest BCUT2D eigenvalue weighted by atomic mass is 16.5. The molecule has 8 heteroatoms. The fourth-order valence-corrected chi connectivity index (χ4v) is 2.87. The third-order valence-electron chi connectivity index (χ3n) is 4.25. The Kier molecular flexibility index (Phi) is 4.45. The molecular weight excluding hydrogens is 342 g/mol. The summed E-state index contributed by atoms with van der Waals surface area (Å²) in [4.78, 5) is 17.6. The fraction of sp³-hybridized carbons (Fsp3) is 0.263. The van der Waals surface area contributed by atoms with E-state index in [1.165, 1.54) is 6.33 Å². The van der Waals surface area contributed by atoms with Gasteiger partial charge in [-0.15, -0.1) is 0 Å². The van der Waals surface area contributed by atoms with Gasteiger partial charge in [0.2, 0.25) is 0 Å². The van der Waals surface area contributed by atoms with Gasteiger partial charge in [0.1, 0.15) is 29.6 Å². The van der Waals surface area contributed by atoms with Crippen molar-refractivity contribution in [2.24, 2.45) is 9.98 Å². The number of benzene rings is 1. The fourth-order valence-electron chi connectivity index (χ4n) is 2.87. The van der Waals surface area contributed by atoms with Crippen molar-refractivity contribution in [3.8, 4) is 5.75 Å². The van der Waals surface area contributed by atoms with E-state index < -0.39 is 0 Å². The van der Waals surface area contributed by atoms with Gasteiger partial charge in [-0.05, 0) is 38.1 Å². The monoisotopic (exact) mass is 361 g/mol. The predicted molar refractivity (Wildman–Crippen MR) is 105 cm³/mol. The number of hydrogen-bond donors (Lipinski definition) is 1. The van der Waals surface area contributed by atoms with Crippen LogP contribution in [0.1, 0.15) is 23.9 Å². The number of nitrogens with zero attached hydrogens (tertiary/aromatic N) is 6. The Bertz CT molecular complexity index is 1040. The number of hydrogen-bond acceptors (Lipinski definition) is 8. The Morgan fingerprint density at radius 1 is 1.15 bits per heavy atom. The number of aryl methyl sites for hydroxylation is 1. The van der Waals surface area contributed by atoms with E-state index >= 15 is 0 Å². The van der Waals surface area contributed by atoms with Gasteiger partial charge in [-0.25, -0.2) is 9.97 Å². The number of fused-ring (bicyclic) bond motifs is 1. The molecule has 0 amide bonds. The molecule has 1 atom stereocenters. The van der Waals surface area contributed by atoms with Gasteiger partial charge in [0.05, 0.1) is 30.8 Å². The van der Waals surface area contributed by atoms with Crippen molar-refractivity contribution < 1.29 is 4.74 Å². The van der Waals surface area contributed by atoms with Gasteiger partial charge in [-0.3, -0.25) is 9.98 Å². The zero-order chi connectivity index (χ0) is 18.8. The van der Waals surface area contributed by atoms with Crippen molar-refractivity contribution in [1.29, 1.82) is 0 Å². The van der Waals surface area contributed by atoms with Crippen LogP contribution in [0.3, 0.4) is 0 Å². The molecule has 8 nitrogen and oxygen atoms in total. The lowest BCUT2D eigenvalue weighted by Crippen LogP contribution is -2.07. The molecule has 1 aliphatic heterocycles. The summed E-state index contributed by atoms with van der Waals surface area (Å²) in [7, 11) is 1.63. The molecule has 1 aliphatic rings. The first-order chi connectivity index (χ1) is 13.1. The highest BCUT2D eigenvalue weighted by Gasteiger charge is 2.16. The van der Waals surface area contributed by atoms with Crippen molar-refractivity contribution in [3.63, 3.8) is 0 Å². The van der Waals surface area contributed by atoms with Gasteiger partial charge in [-0.1, -0.05) is 0 Å². The van der Waals surface area contributed by atoms with E-state index in [0.29, 0.717) is 18.1 Å². The van der Waals surface area contributed by atoms with Gasteiger partial charge in [0, 0.05) is 17.2 Å². The van der Waals surface area contributed by atoms with Gasteiger partial charge in [-0.2, -0.15) is 10.2 Å². The molecule has 3 heterocycles.